The van der Waals surface area contributed by atoms with Gasteiger partial charge in [0, 0.05) is 6.32 Å². The fourth-order valence-electron chi connectivity index (χ4n) is 1.24. The summed E-state index contributed by atoms with van der Waals surface area (Å²) < 4.78 is 0.264. The Hall–Kier alpha value is -1.08. The van der Waals surface area contributed by atoms with Crippen LogP contribution in [0.5, 0.6) is 0 Å². The van der Waals surface area contributed by atoms with Gasteiger partial charge in [-0.2, -0.15) is 0 Å². The molecule has 0 aliphatic carbocycles. The van der Waals surface area contributed by atoms with E-state index in [1.54, 1.807) is 0 Å². The molecule has 0 saturated heterocycles. The molecule has 0 fully saturated rings. The minimum absolute atomic E-state index is 0.238. The van der Waals surface area contributed by atoms with Crippen molar-refractivity contribution in [2.75, 3.05) is 5.23 Å². The summed E-state index contributed by atoms with van der Waals surface area (Å²) in [5, 5.41) is 11.8. The lowest BCUT2D eigenvalue weighted by atomic mass is 9.81. The van der Waals surface area contributed by atoms with Gasteiger partial charge in [0.15, 0.2) is 4.77 Å². The third-order valence-electron chi connectivity index (χ3n) is 1.75. The summed E-state index contributed by atoms with van der Waals surface area (Å²) >= 11 is 4.75. The lowest BCUT2D eigenvalue weighted by molar-refractivity contribution is 0.580. The van der Waals surface area contributed by atoms with Crippen LogP contribution in [-0.4, -0.2) is 22.0 Å². The van der Waals surface area contributed by atoms with Gasteiger partial charge in [-0.3, -0.25) is 9.78 Å². The zero-order chi connectivity index (χ0) is 8.72. The number of nitrogens with one attached hydrogen (secondary N) is 3. The molecule has 1 aliphatic rings. The van der Waals surface area contributed by atoms with E-state index in [1.807, 2.05) is 0 Å². The largest absolute Gasteiger partial charge is 0.432 e. The number of H-pyrrole nitrogens is 2. The molecule has 2 heterocycles. The third-order valence-corrected chi connectivity index (χ3v) is 1.95. The number of hydrogen-bond acceptors (Lipinski definition) is 4. The predicted molar refractivity (Wildman–Crippen MR) is 47.5 cm³/mol. The minimum Gasteiger partial charge on any atom is -0.432 e. The van der Waals surface area contributed by atoms with E-state index in [4.69, 9.17) is 17.2 Å². The molecule has 0 saturated carbocycles. The summed E-state index contributed by atoms with van der Waals surface area (Å²) in [6, 6.07) is 0. The van der Waals surface area contributed by atoms with E-state index in [0.29, 0.717) is 17.7 Å². The Kier molecular flexibility index (Phi) is 1.55. The summed E-state index contributed by atoms with van der Waals surface area (Å²) in [4.78, 5) is 16.4. The number of anilines is 1. The highest BCUT2D eigenvalue weighted by Crippen LogP contribution is 2.15. The van der Waals surface area contributed by atoms with Crippen molar-refractivity contribution in [1.82, 2.24) is 9.97 Å². The van der Waals surface area contributed by atoms with Crippen molar-refractivity contribution in [3.05, 3.63) is 20.7 Å². The number of rotatable bonds is 0. The molecule has 5 nitrogen and oxygen atoms in total. The standard InChI is InChI=1S/C5H6BN3O2S/c10-4-2-1-6(11)9-3(2)7-5(12)8-4/h11H,1H2,(H3,7,8,9,10,12). The van der Waals surface area contributed by atoms with Crippen LogP contribution >= 0.6 is 12.2 Å². The molecular formula is C5H6BN3O2S. The van der Waals surface area contributed by atoms with Gasteiger partial charge < -0.3 is 15.2 Å². The van der Waals surface area contributed by atoms with E-state index in [2.05, 4.69) is 15.2 Å². The van der Waals surface area contributed by atoms with Crippen LogP contribution < -0.4 is 10.8 Å². The van der Waals surface area contributed by atoms with Gasteiger partial charge in [-0.25, -0.2) is 0 Å². The molecule has 0 bridgehead atoms. The first-order chi connectivity index (χ1) is 5.66. The highest BCUT2D eigenvalue weighted by atomic mass is 32.1. The smallest absolute Gasteiger partial charge is 0.416 e. The van der Waals surface area contributed by atoms with Crippen molar-refractivity contribution in [1.29, 1.82) is 0 Å². The quantitative estimate of drug-likeness (QED) is 0.320. The SMILES string of the molecule is O=c1[nH]c(=S)[nH]c2c1CB(O)N2. The molecule has 7 heteroatoms. The second kappa shape index (κ2) is 2.46. The van der Waals surface area contributed by atoms with E-state index in [0.717, 1.165) is 0 Å². The van der Waals surface area contributed by atoms with Gasteiger partial charge in [-0.1, -0.05) is 0 Å². The van der Waals surface area contributed by atoms with Crippen LogP contribution in [0.3, 0.4) is 0 Å². The van der Waals surface area contributed by atoms with Gasteiger partial charge in [0.1, 0.15) is 5.82 Å². The van der Waals surface area contributed by atoms with Crippen LogP contribution in [0.25, 0.3) is 0 Å². The van der Waals surface area contributed by atoms with Gasteiger partial charge in [-0.15, -0.1) is 0 Å². The van der Waals surface area contributed by atoms with Crippen LogP contribution in [0.2, 0.25) is 0 Å². The van der Waals surface area contributed by atoms with Gasteiger partial charge in [0.05, 0.1) is 5.56 Å². The number of fused-ring (bicyclic) bond motifs is 1. The predicted octanol–water partition coefficient (Wildman–Crippen LogP) is -0.580. The maximum absolute atomic E-state index is 11.2. The van der Waals surface area contributed by atoms with E-state index in [9.17, 15) is 4.79 Å². The lowest BCUT2D eigenvalue weighted by Crippen LogP contribution is -2.21. The second-order valence-electron chi connectivity index (χ2n) is 2.63. The first kappa shape index (κ1) is 7.57. The molecule has 0 atom stereocenters. The summed E-state index contributed by atoms with van der Waals surface area (Å²) in [5.41, 5.74) is 0.286. The zero-order valence-electron chi connectivity index (χ0n) is 6.05. The Morgan fingerprint density at radius 2 is 2.25 bits per heavy atom. The Bertz CT molecular complexity index is 425. The monoisotopic (exact) mass is 183 g/mol. The first-order valence-corrected chi connectivity index (χ1v) is 3.88. The maximum Gasteiger partial charge on any atom is 0.416 e. The van der Waals surface area contributed by atoms with E-state index < -0.39 is 7.05 Å². The van der Waals surface area contributed by atoms with Crippen LogP contribution in [-0.2, 0) is 6.32 Å². The van der Waals surface area contributed by atoms with Crippen LogP contribution in [0.15, 0.2) is 4.79 Å². The average Bonchev–Trinajstić information content (AvgIpc) is 2.29. The molecular weight excluding hydrogens is 177 g/mol. The fraction of sp³-hybridized carbons (Fsp3) is 0.200. The highest BCUT2D eigenvalue weighted by molar-refractivity contribution is 7.71. The Balaban J connectivity index is 2.68. The Labute approximate surface area is 73.0 Å². The molecule has 1 aliphatic heterocycles. The van der Waals surface area contributed by atoms with Gasteiger partial charge >= 0.3 is 7.05 Å². The second-order valence-corrected chi connectivity index (χ2v) is 3.03. The molecule has 2 rings (SSSR count). The molecule has 0 aromatic carbocycles. The molecule has 4 N–H and O–H groups in total. The van der Waals surface area contributed by atoms with Crippen molar-refractivity contribution < 1.29 is 5.02 Å². The molecule has 62 valence electrons. The van der Waals surface area contributed by atoms with E-state index in [1.165, 1.54) is 0 Å². The van der Waals surface area contributed by atoms with Gasteiger partial charge in [-0.05, 0) is 12.2 Å². The molecule has 1 aromatic rings. The maximum atomic E-state index is 11.2. The van der Waals surface area contributed by atoms with Gasteiger partial charge in [0.2, 0.25) is 0 Å². The lowest BCUT2D eigenvalue weighted by Gasteiger charge is -1.97. The van der Waals surface area contributed by atoms with Crippen LogP contribution in [0.4, 0.5) is 5.82 Å². The van der Waals surface area contributed by atoms with E-state index >= 15 is 0 Å². The van der Waals surface area contributed by atoms with E-state index in [-0.39, 0.29) is 10.3 Å². The summed E-state index contributed by atoms with van der Waals surface area (Å²) in [6.45, 7) is 0. The third kappa shape index (κ3) is 1.07. The molecule has 0 radical (unpaired) electrons. The minimum atomic E-state index is -0.686. The number of aromatic nitrogens is 2. The molecule has 12 heavy (non-hydrogen) atoms. The zero-order valence-corrected chi connectivity index (χ0v) is 6.86. The topological polar surface area (TPSA) is 80.9 Å². The average molecular weight is 183 g/mol. The van der Waals surface area contributed by atoms with Crippen molar-refractivity contribution in [2.24, 2.45) is 0 Å². The van der Waals surface area contributed by atoms with Gasteiger partial charge in [0.25, 0.3) is 5.56 Å². The van der Waals surface area contributed by atoms with Crippen molar-refractivity contribution in [2.45, 2.75) is 6.32 Å². The summed E-state index contributed by atoms with van der Waals surface area (Å²) in [6.07, 6.45) is 0.316. The number of hydrogen-bond donors (Lipinski definition) is 4. The van der Waals surface area contributed by atoms with Crippen molar-refractivity contribution in [3.63, 3.8) is 0 Å². The molecule has 0 spiro atoms. The Morgan fingerprint density at radius 3 is 3.00 bits per heavy atom. The van der Waals surface area contributed by atoms with Crippen LogP contribution in [0.1, 0.15) is 5.56 Å². The van der Waals surface area contributed by atoms with Crippen molar-refractivity contribution >= 4 is 25.1 Å². The summed E-state index contributed by atoms with van der Waals surface area (Å²) in [7, 11) is -0.686. The molecule has 0 unspecified atom stereocenters. The number of aromatic amines is 2. The molecule has 1 aromatic heterocycles. The Morgan fingerprint density at radius 1 is 1.50 bits per heavy atom. The fourth-order valence-corrected chi connectivity index (χ4v) is 1.44. The van der Waals surface area contributed by atoms with Crippen LogP contribution in [0, 0.1) is 4.77 Å². The van der Waals surface area contributed by atoms with Crippen molar-refractivity contribution in [3.8, 4) is 0 Å². The summed E-state index contributed by atoms with van der Waals surface area (Å²) in [5.74, 6) is 0.524. The molecule has 0 amide bonds. The highest BCUT2D eigenvalue weighted by Gasteiger charge is 2.26. The first-order valence-electron chi connectivity index (χ1n) is 3.47. The normalized spacial score (nSPS) is 14.2.